The van der Waals surface area contributed by atoms with Gasteiger partial charge in [-0.15, -0.1) is 0 Å². The number of nitrogens with zero attached hydrogens (tertiary/aromatic N) is 4. The minimum absolute atomic E-state index is 0.0859. The van der Waals surface area contributed by atoms with E-state index in [0.29, 0.717) is 5.25 Å². The molecule has 6 nitrogen and oxygen atoms in total. The first kappa shape index (κ1) is 15.9. The van der Waals surface area contributed by atoms with E-state index in [9.17, 15) is 4.79 Å². The van der Waals surface area contributed by atoms with Crippen LogP contribution in [0.25, 0.3) is 0 Å². The van der Waals surface area contributed by atoms with Crippen LogP contribution in [0.15, 0.2) is 0 Å². The maximum atomic E-state index is 12.3. The molecule has 0 bridgehead atoms. The Morgan fingerprint density at radius 3 is 2.95 bits per heavy atom. The molecule has 1 atom stereocenters. The van der Waals surface area contributed by atoms with Crippen molar-refractivity contribution in [3.05, 3.63) is 5.82 Å². The Morgan fingerprint density at radius 1 is 1.32 bits per heavy atom. The highest BCUT2D eigenvalue weighted by molar-refractivity contribution is 8.00. The predicted molar refractivity (Wildman–Crippen MR) is 91.9 cm³/mol. The summed E-state index contributed by atoms with van der Waals surface area (Å²) in [6.07, 6.45) is 3.49. The molecule has 1 unspecified atom stereocenters. The fraction of sp³-hybridized carbons (Fsp3) is 0.786. The third-order valence-corrected chi connectivity index (χ3v) is 6.34. The van der Waals surface area contributed by atoms with Crippen LogP contribution < -0.4 is 10.2 Å². The fourth-order valence-electron chi connectivity index (χ4n) is 2.84. The first-order chi connectivity index (χ1) is 10.7. The molecule has 0 radical (unpaired) electrons. The van der Waals surface area contributed by atoms with Crippen molar-refractivity contribution >= 4 is 34.5 Å². The summed E-state index contributed by atoms with van der Waals surface area (Å²) in [5, 5.41) is 4.69. The summed E-state index contributed by atoms with van der Waals surface area (Å²) in [5.74, 6) is 2.06. The Bertz CT molecular complexity index is 503. The number of aromatic nitrogens is 2. The van der Waals surface area contributed by atoms with E-state index in [1.54, 1.807) is 0 Å². The molecular weight excluding hydrogens is 318 g/mol. The molecule has 0 aromatic carbocycles. The SMILES string of the molecule is Cc1nsc(N2CCCN(C(=O)NCC3CCCS3)CC2)n1. The van der Waals surface area contributed by atoms with Gasteiger partial charge in [-0.1, -0.05) is 0 Å². The summed E-state index contributed by atoms with van der Waals surface area (Å²) in [7, 11) is 0. The van der Waals surface area contributed by atoms with Crippen molar-refractivity contribution in [2.24, 2.45) is 0 Å². The third-order valence-electron chi connectivity index (χ3n) is 4.08. The first-order valence-electron chi connectivity index (χ1n) is 7.92. The molecule has 3 rings (SSSR count). The molecule has 1 aromatic heterocycles. The number of thioether (sulfide) groups is 1. The second kappa shape index (κ2) is 7.50. The van der Waals surface area contributed by atoms with Crippen LogP contribution in [0.3, 0.4) is 0 Å². The maximum absolute atomic E-state index is 12.3. The molecule has 2 aliphatic rings. The lowest BCUT2D eigenvalue weighted by Crippen LogP contribution is -2.43. The molecule has 22 heavy (non-hydrogen) atoms. The van der Waals surface area contributed by atoms with E-state index in [0.717, 1.165) is 50.1 Å². The van der Waals surface area contributed by atoms with Gasteiger partial charge in [-0.2, -0.15) is 16.1 Å². The normalized spacial score (nSPS) is 22.7. The van der Waals surface area contributed by atoms with E-state index in [4.69, 9.17) is 0 Å². The van der Waals surface area contributed by atoms with Crippen LogP contribution >= 0.6 is 23.3 Å². The van der Waals surface area contributed by atoms with Crippen LogP contribution in [0.1, 0.15) is 25.1 Å². The van der Waals surface area contributed by atoms with Gasteiger partial charge in [0.2, 0.25) is 5.13 Å². The molecular formula is C14H23N5OS2. The number of hydrogen-bond acceptors (Lipinski definition) is 6. The van der Waals surface area contributed by atoms with Crippen molar-refractivity contribution in [2.45, 2.75) is 31.4 Å². The van der Waals surface area contributed by atoms with Gasteiger partial charge >= 0.3 is 6.03 Å². The summed E-state index contributed by atoms with van der Waals surface area (Å²) in [6, 6.07) is 0.0859. The number of anilines is 1. The molecule has 0 aliphatic carbocycles. The zero-order valence-corrected chi connectivity index (χ0v) is 14.6. The van der Waals surface area contributed by atoms with E-state index in [2.05, 4.69) is 19.6 Å². The Labute approximate surface area is 139 Å². The lowest BCUT2D eigenvalue weighted by molar-refractivity contribution is 0.201. The standard InChI is InChI=1S/C14H23N5OS2/c1-11-16-14(22-17-11)19-6-3-5-18(7-8-19)13(20)15-10-12-4-2-9-21-12/h12H,2-10H2,1H3,(H,15,20). The molecule has 2 amide bonds. The number of urea groups is 1. The number of aryl methyl sites for hydroxylation is 1. The zero-order chi connectivity index (χ0) is 15.4. The lowest BCUT2D eigenvalue weighted by atomic mass is 10.2. The largest absolute Gasteiger partial charge is 0.345 e. The van der Waals surface area contributed by atoms with Gasteiger partial charge in [0.05, 0.1) is 0 Å². The van der Waals surface area contributed by atoms with Gasteiger partial charge in [0, 0.05) is 49.5 Å². The molecule has 2 fully saturated rings. The highest BCUT2D eigenvalue weighted by atomic mass is 32.2. The topological polar surface area (TPSA) is 61.4 Å². The highest BCUT2D eigenvalue weighted by Gasteiger charge is 2.22. The van der Waals surface area contributed by atoms with Crippen LogP contribution in [0.2, 0.25) is 0 Å². The molecule has 1 N–H and O–H groups in total. The maximum Gasteiger partial charge on any atom is 0.317 e. The Morgan fingerprint density at radius 2 is 2.23 bits per heavy atom. The van der Waals surface area contributed by atoms with E-state index < -0.39 is 0 Å². The second-order valence-corrected chi connectivity index (χ2v) is 7.91. The summed E-state index contributed by atoms with van der Waals surface area (Å²) in [6.45, 7) is 6.06. The van der Waals surface area contributed by atoms with Crippen LogP contribution in [0.4, 0.5) is 9.93 Å². The Balaban J connectivity index is 1.48. The van der Waals surface area contributed by atoms with Crippen LogP contribution in [-0.2, 0) is 0 Å². The summed E-state index contributed by atoms with van der Waals surface area (Å²) in [4.78, 5) is 20.9. The van der Waals surface area contributed by atoms with Crippen molar-refractivity contribution in [3.63, 3.8) is 0 Å². The molecule has 2 aliphatic heterocycles. The minimum atomic E-state index is 0.0859. The average molecular weight is 342 g/mol. The van der Waals surface area contributed by atoms with Gasteiger partial charge in [-0.25, -0.2) is 9.78 Å². The van der Waals surface area contributed by atoms with E-state index in [1.807, 2.05) is 23.6 Å². The minimum Gasteiger partial charge on any atom is -0.345 e. The van der Waals surface area contributed by atoms with Crippen molar-refractivity contribution < 1.29 is 4.79 Å². The van der Waals surface area contributed by atoms with E-state index >= 15 is 0 Å². The van der Waals surface area contributed by atoms with E-state index in [1.165, 1.54) is 30.1 Å². The van der Waals surface area contributed by atoms with Crippen LogP contribution in [0, 0.1) is 6.92 Å². The van der Waals surface area contributed by atoms with Gasteiger partial charge in [0.25, 0.3) is 0 Å². The lowest BCUT2D eigenvalue weighted by Gasteiger charge is -2.22. The van der Waals surface area contributed by atoms with Gasteiger partial charge in [0.15, 0.2) is 0 Å². The fourth-order valence-corrected chi connectivity index (χ4v) is 4.77. The van der Waals surface area contributed by atoms with Gasteiger partial charge in [-0.05, 0) is 31.9 Å². The van der Waals surface area contributed by atoms with Crippen LogP contribution in [-0.4, -0.2) is 64.0 Å². The number of rotatable bonds is 3. The number of hydrogen-bond donors (Lipinski definition) is 1. The van der Waals surface area contributed by atoms with Crippen molar-refractivity contribution in [1.82, 2.24) is 19.6 Å². The highest BCUT2D eigenvalue weighted by Crippen LogP contribution is 2.25. The molecule has 0 spiro atoms. The third kappa shape index (κ3) is 4.04. The number of nitrogens with one attached hydrogen (secondary N) is 1. The number of amides is 2. The average Bonchev–Trinajstić information content (AvgIpc) is 3.11. The summed E-state index contributed by atoms with van der Waals surface area (Å²) >= 11 is 3.42. The van der Waals surface area contributed by atoms with Gasteiger partial charge in [0.1, 0.15) is 5.82 Å². The van der Waals surface area contributed by atoms with Gasteiger partial charge < -0.3 is 15.1 Å². The first-order valence-corrected chi connectivity index (χ1v) is 9.74. The predicted octanol–water partition coefficient (Wildman–Crippen LogP) is 1.96. The summed E-state index contributed by atoms with van der Waals surface area (Å²) in [5.41, 5.74) is 0. The zero-order valence-electron chi connectivity index (χ0n) is 13.0. The van der Waals surface area contributed by atoms with E-state index in [-0.39, 0.29) is 6.03 Å². The Kier molecular flexibility index (Phi) is 5.41. The van der Waals surface area contributed by atoms with Crippen molar-refractivity contribution in [1.29, 1.82) is 0 Å². The smallest absolute Gasteiger partial charge is 0.317 e. The van der Waals surface area contributed by atoms with Crippen molar-refractivity contribution in [2.75, 3.05) is 43.4 Å². The monoisotopic (exact) mass is 341 g/mol. The second-order valence-electron chi connectivity index (χ2n) is 5.77. The molecule has 8 heteroatoms. The van der Waals surface area contributed by atoms with Crippen molar-refractivity contribution in [3.8, 4) is 0 Å². The molecule has 1 aromatic rings. The van der Waals surface area contributed by atoms with Gasteiger partial charge in [-0.3, -0.25) is 0 Å². The quantitative estimate of drug-likeness (QED) is 0.911. The Hall–Kier alpha value is -1.02. The molecule has 122 valence electrons. The molecule has 0 saturated carbocycles. The summed E-state index contributed by atoms with van der Waals surface area (Å²) < 4.78 is 4.24. The molecule has 3 heterocycles. The molecule has 2 saturated heterocycles. The van der Waals surface area contributed by atoms with Crippen LogP contribution in [0.5, 0.6) is 0 Å². The number of carbonyl (C=O) groups excluding carboxylic acids is 1. The number of carbonyl (C=O) groups is 1.